The lowest BCUT2D eigenvalue weighted by molar-refractivity contribution is 0.349. The molecule has 21 heavy (non-hydrogen) atoms. The number of aromatic nitrogens is 2. The van der Waals surface area contributed by atoms with E-state index in [1.807, 2.05) is 12.1 Å². The van der Waals surface area contributed by atoms with Crippen molar-refractivity contribution in [2.75, 3.05) is 0 Å². The second kappa shape index (κ2) is 6.10. The minimum absolute atomic E-state index is 0.109. The van der Waals surface area contributed by atoms with Gasteiger partial charge >= 0.3 is 0 Å². The molecule has 0 spiro atoms. The van der Waals surface area contributed by atoms with Gasteiger partial charge in [-0.25, -0.2) is 0 Å². The summed E-state index contributed by atoms with van der Waals surface area (Å²) in [5, 5.41) is 4.22. The molecule has 0 amide bonds. The van der Waals surface area contributed by atoms with Crippen molar-refractivity contribution in [3.8, 4) is 0 Å². The molecular formula is C15H18BrN3OS. The number of thioether (sulfide) groups is 1. The topological polar surface area (TPSA) is 64.9 Å². The van der Waals surface area contributed by atoms with E-state index in [0.29, 0.717) is 11.7 Å². The first-order chi connectivity index (χ1) is 10.1. The van der Waals surface area contributed by atoms with Crippen molar-refractivity contribution in [3.05, 3.63) is 40.5 Å². The van der Waals surface area contributed by atoms with Crippen LogP contribution in [0.15, 0.2) is 38.2 Å². The van der Waals surface area contributed by atoms with E-state index >= 15 is 0 Å². The predicted molar refractivity (Wildman–Crippen MR) is 87.0 cm³/mol. The van der Waals surface area contributed by atoms with Gasteiger partial charge in [-0.3, -0.25) is 0 Å². The second-order valence-electron chi connectivity index (χ2n) is 5.53. The van der Waals surface area contributed by atoms with Crippen molar-refractivity contribution >= 4 is 27.7 Å². The zero-order valence-corrected chi connectivity index (χ0v) is 14.3. The zero-order chi connectivity index (χ0) is 14.9. The first-order valence-corrected chi connectivity index (χ1v) is 8.79. The molecule has 1 aliphatic carbocycles. The van der Waals surface area contributed by atoms with Crippen molar-refractivity contribution in [1.82, 2.24) is 10.1 Å². The van der Waals surface area contributed by atoms with E-state index in [4.69, 9.17) is 10.3 Å². The smallest absolute Gasteiger partial charge is 0.239 e. The molecule has 0 bridgehead atoms. The van der Waals surface area contributed by atoms with Gasteiger partial charge in [-0.2, -0.15) is 4.98 Å². The summed E-state index contributed by atoms with van der Waals surface area (Å²) >= 11 is 5.14. The number of rotatable bonds is 4. The van der Waals surface area contributed by atoms with E-state index in [2.05, 4.69) is 45.1 Å². The molecule has 1 atom stereocenters. The molecule has 1 aliphatic rings. The lowest BCUT2D eigenvalue weighted by Crippen LogP contribution is -2.34. The fourth-order valence-corrected chi connectivity index (χ4v) is 3.76. The average Bonchev–Trinajstić information content (AvgIpc) is 3.11. The Hall–Kier alpha value is -0.850. The number of nitrogens with two attached hydrogens (primary N) is 1. The fourth-order valence-electron chi connectivity index (χ4n) is 2.60. The van der Waals surface area contributed by atoms with E-state index in [1.54, 1.807) is 11.8 Å². The van der Waals surface area contributed by atoms with Crippen LogP contribution in [-0.2, 0) is 5.54 Å². The standard InChI is InChI=1S/C15H18BrN3OS/c1-10(21-12-6-4-11(16)5-7-12)13-18-14(19-20-13)15(17)8-2-3-9-15/h4-7,10H,2-3,8-9,17H2,1H3. The van der Waals surface area contributed by atoms with Crippen LogP contribution >= 0.6 is 27.7 Å². The number of nitrogens with zero attached hydrogens (tertiary/aromatic N) is 2. The highest BCUT2D eigenvalue weighted by Gasteiger charge is 2.36. The van der Waals surface area contributed by atoms with Crippen LogP contribution < -0.4 is 5.73 Å². The summed E-state index contributed by atoms with van der Waals surface area (Å²) in [6, 6.07) is 8.21. The van der Waals surface area contributed by atoms with Crippen LogP contribution in [0.4, 0.5) is 0 Å². The Kier molecular flexibility index (Phi) is 4.38. The van der Waals surface area contributed by atoms with Gasteiger partial charge in [0.05, 0.1) is 10.8 Å². The summed E-state index contributed by atoms with van der Waals surface area (Å²) in [5.41, 5.74) is 5.98. The summed E-state index contributed by atoms with van der Waals surface area (Å²) in [5.74, 6) is 1.31. The van der Waals surface area contributed by atoms with Crippen molar-refractivity contribution in [1.29, 1.82) is 0 Å². The Labute approximate surface area is 137 Å². The molecule has 3 rings (SSSR count). The maximum absolute atomic E-state index is 6.37. The third-order valence-electron chi connectivity index (χ3n) is 3.86. The summed E-state index contributed by atoms with van der Waals surface area (Å²) in [6.07, 6.45) is 4.17. The Morgan fingerprint density at radius 1 is 1.29 bits per heavy atom. The monoisotopic (exact) mass is 367 g/mol. The van der Waals surface area contributed by atoms with Crippen molar-refractivity contribution in [2.45, 2.75) is 48.3 Å². The van der Waals surface area contributed by atoms with Gasteiger partial charge in [0.15, 0.2) is 5.82 Å². The van der Waals surface area contributed by atoms with Crippen molar-refractivity contribution < 1.29 is 4.52 Å². The number of hydrogen-bond donors (Lipinski definition) is 1. The lowest BCUT2D eigenvalue weighted by Gasteiger charge is -2.17. The first-order valence-electron chi connectivity index (χ1n) is 7.12. The van der Waals surface area contributed by atoms with Crippen molar-refractivity contribution in [2.24, 2.45) is 5.73 Å². The normalized spacial score (nSPS) is 18.8. The van der Waals surface area contributed by atoms with Crippen LogP contribution in [0, 0.1) is 0 Å². The van der Waals surface area contributed by atoms with E-state index in [0.717, 1.165) is 30.2 Å². The molecular weight excluding hydrogens is 350 g/mol. The molecule has 1 unspecified atom stereocenters. The summed E-state index contributed by atoms with van der Waals surface area (Å²) < 4.78 is 6.50. The minimum atomic E-state index is -0.385. The second-order valence-corrected chi connectivity index (χ2v) is 7.86. The Morgan fingerprint density at radius 3 is 2.62 bits per heavy atom. The van der Waals surface area contributed by atoms with Crippen LogP contribution in [0.25, 0.3) is 0 Å². The first kappa shape index (κ1) is 15.1. The third-order valence-corrected chi connectivity index (χ3v) is 5.49. The van der Waals surface area contributed by atoms with E-state index in [9.17, 15) is 0 Å². The number of hydrogen-bond acceptors (Lipinski definition) is 5. The number of halogens is 1. The van der Waals surface area contributed by atoms with Crippen molar-refractivity contribution in [3.63, 3.8) is 0 Å². The zero-order valence-electron chi connectivity index (χ0n) is 11.9. The Morgan fingerprint density at radius 2 is 1.95 bits per heavy atom. The van der Waals surface area contributed by atoms with Gasteiger partial charge in [0.1, 0.15) is 0 Å². The van der Waals surface area contributed by atoms with Gasteiger partial charge in [0, 0.05) is 9.37 Å². The Balaban J connectivity index is 1.72. The molecule has 1 saturated carbocycles. The fraction of sp³-hybridized carbons (Fsp3) is 0.467. The van der Waals surface area contributed by atoms with Crippen LogP contribution in [-0.4, -0.2) is 10.1 Å². The van der Waals surface area contributed by atoms with Gasteiger partial charge in [0.25, 0.3) is 0 Å². The molecule has 0 saturated heterocycles. The van der Waals surface area contributed by atoms with Gasteiger partial charge in [-0.05, 0) is 44.0 Å². The summed E-state index contributed by atoms with van der Waals surface area (Å²) in [4.78, 5) is 5.72. The largest absolute Gasteiger partial charge is 0.338 e. The molecule has 1 heterocycles. The molecule has 2 N–H and O–H groups in total. The van der Waals surface area contributed by atoms with Gasteiger partial charge in [0.2, 0.25) is 5.89 Å². The number of benzene rings is 1. The highest BCUT2D eigenvalue weighted by atomic mass is 79.9. The van der Waals surface area contributed by atoms with Gasteiger partial charge in [-0.15, -0.1) is 11.8 Å². The summed E-state index contributed by atoms with van der Waals surface area (Å²) in [6.45, 7) is 2.07. The maximum Gasteiger partial charge on any atom is 0.239 e. The molecule has 2 aromatic rings. The lowest BCUT2D eigenvalue weighted by atomic mass is 9.99. The van der Waals surface area contributed by atoms with E-state index in [-0.39, 0.29) is 10.8 Å². The average molecular weight is 368 g/mol. The third kappa shape index (κ3) is 3.33. The highest BCUT2D eigenvalue weighted by molar-refractivity contribution is 9.10. The highest BCUT2D eigenvalue weighted by Crippen LogP contribution is 2.38. The maximum atomic E-state index is 6.37. The molecule has 1 aromatic carbocycles. The SMILES string of the molecule is CC(Sc1ccc(Br)cc1)c1nc(C2(N)CCCC2)no1. The summed E-state index contributed by atoms with van der Waals surface area (Å²) in [7, 11) is 0. The van der Waals surface area contributed by atoms with Crippen LogP contribution in [0.3, 0.4) is 0 Å². The Bertz CT molecular complexity index is 608. The van der Waals surface area contributed by atoms with E-state index in [1.165, 1.54) is 4.90 Å². The molecule has 112 valence electrons. The quantitative estimate of drug-likeness (QED) is 0.810. The minimum Gasteiger partial charge on any atom is -0.338 e. The molecule has 4 nitrogen and oxygen atoms in total. The van der Waals surface area contributed by atoms with Gasteiger partial charge in [-0.1, -0.05) is 33.9 Å². The van der Waals surface area contributed by atoms with Crippen LogP contribution in [0.2, 0.25) is 0 Å². The predicted octanol–water partition coefficient (Wildman–Crippen LogP) is 4.41. The molecule has 0 radical (unpaired) electrons. The van der Waals surface area contributed by atoms with Crippen LogP contribution in [0.1, 0.15) is 49.6 Å². The molecule has 1 aromatic heterocycles. The van der Waals surface area contributed by atoms with E-state index < -0.39 is 0 Å². The van der Waals surface area contributed by atoms with Gasteiger partial charge < -0.3 is 10.3 Å². The molecule has 1 fully saturated rings. The molecule has 6 heteroatoms. The molecule has 0 aliphatic heterocycles. The van der Waals surface area contributed by atoms with Crippen LogP contribution in [0.5, 0.6) is 0 Å².